The summed E-state index contributed by atoms with van der Waals surface area (Å²) in [7, 11) is -3.20. The first-order valence-electron chi connectivity index (χ1n) is 8.51. The third kappa shape index (κ3) is 5.34. The highest BCUT2D eigenvalue weighted by Gasteiger charge is 2.26. The number of benzene rings is 1. The van der Waals surface area contributed by atoms with Gasteiger partial charge in [-0.25, -0.2) is 8.42 Å². The standard InChI is InChI=1S/C18H27NO3S/c1-3-4-5-14-6-8-15(9-7-14)18(20)19-16-10-12-17(13-11-16)23(2,21)22/h10-15H,3-9H2,1-2H3,(H,19,20). The average molecular weight is 337 g/mol. The zero-order chi connectivity index (χ0) is 16.9. The summed E-state index contributed by atoms with van der Waals surface area (Å²) in [6.45, 7) is 2.22. The number of hydrogen-bond acceptors (Lipinski definition) is 3. The zero-order valence-electron chi connectivity index (χ0n) is 14.0. The van der Waals surface area contributed by atoms with E-state index in [0.29, 0.717) is 5.69 Å². The molecule has 0 atom stereocenters. The van der Waals surface area contributed by atoms with E-state index in [9.17, 15) is 13.2 Å². The van der Waals surface area contributed by atoms with Gasteiger partial charge in [0.2, 0.25) is 5.91 Å². The van der Waals surface area contributed by atoms with E-state index in [1.54, 1.807) is 12.1 Å². The van der Waals surface area contributed by atoms with Crippen molar-refractivity contribution in [2.45, 2.75) is 56.8 Å². The molecule has 1 fully saturated rings. The Morgan fingerprint density at radius 3 is 2.26 bits per heavy atom. The second kappa shape index (κ2) is 7.95. The molecule has 0 bridgehead atoms. The normalized spacial score (nSPS) is 21.8. The molecule has 1 saturated carbocycles. The van der Waals surface area contributed by atoms with Crippen molar-refractivity contribution >= 4 is 21.4 Å². The Labute approximate surface area is 139 Å². The number of unbranched alkanes of at least 4 members (excludes halogenated alkanes) is 1. The molecule has 1 amide bonds. The molecule has 0 spiro atoms. The summed E-state index contributed by atoms with van der Waals surface area (Å²) in [6, 6.07) is 6.38. The number of carbonyl (C=O) groups is 1. The molecule has 128 valence electrons. The molecular formula is C18H27NO3S. The van der Waals surface area contributed by atoms with Gasteiger partial charge in [0, 0.05) is 17.9 Å². The Balaban J connectivity index is 1.85. The second-order valence-electron chi connectivity index (χ2n) is 6.65. The molecule has 1 aromatic rings. The smallest absolute Gasteiger partial charge is 0.227 e. The van der Waals surface area contributed by atoms with E-state index in [2.05, 4.69) is 12.2 Å². The van der Waals surface area contributed by atoms with E-state index in [-0.39, 0.29) is 16.7 Å². The van der Waals surface area contributed by atoms with Crippen LogP contribution in [0, 0.1) is 11.8 Å². The largest absolute Gasteiger partial charge is 0.326 e. The van der Waals surface area contributed by atoms with Gasteiger partial charge >= 0.3 is 0 Å². The van der Waals surface area contributed by atoms with Gasteiger partial charge in [0.15, 0.2) is 9.84 Å². The first-order chi connectivity index (χ1) is 10.9. The van der Waals surface area contributed by atoms with Gasteiger partial charge < -0.3 is 5.32 Å². The summed E-state index contributed by atoms with van der Waals surface area (Å²) < 4.78 is 22.9. The van der Waals surface area contributed by atoms with E-state index >= 15 is 0 Å². The zero-order valence-corrected chi connectivity index (χ0v) is 14.9. The summed E-state index contributed by atoms with van der Waals surface area (Å²) in [5.74, 6) is 0.932. The first kappa shape index (κ1) is 18.0. The molecule has 0 saturated heterocycles. The van der Waals surface area contributed by atoms with Crippen LogP contribution < -0.4 is 5.32 Å². The molecule has 0 aromatic heterocycles. The highest BCUT2D eigenvalue weighted by molar-refractivity contribution is 7.90. The van der Waals surface area contributed by atoms with Crippen molar-refractivity contribution in [1.82, 2.24) is 0 Å². The van der Waals surface area contributed by atoms with Crippen molar-refractivity contribution in [3.63, 3.8) is 0 Å². The van der Waals surface area contributed by atoms with Crippen LogP contribution in [0.3, 0.4) is 0 Å². The van der Waals surface area contributed by atoms with Gasteiger partial charge in [-0.2, -0.15) is 0 Å². The number of carbonyl (C=O) groups excluding carboxylic acids is 1. The molecule has 23 heavy (non-hydrogen) atoms. The van der Waals surface area contributed by atoms with Gasteiger partial charge in [-0.15, -0.1) is 0 Å². The fourth-order valence-electron chi connectivity index (χ4n) is 3.24. The van der Waals surface area contributed by atoms with Crippen LogP contribution in [0.5, 0.6) is 0 Å². The van der Waals surface area contributed by atoms with Gasteiger partial charge in [-0.1, -0.05) is 26.2 Å². The third-order valence-corrected chi connectivity index (χ3v) is 5.86. The maximum absolute atomic E-state index is 12.3. The van der Waals surface area contributed by atoms with Crippen molar-refractivity contribution in [3.8, 4) is 0 Å². The molecular weight excluding hydrogens is 310 g/mol. The fraction of sp³-hybridized carbons (Fsp3) is 0.611. The van der Waals surface area contributed by atoms with Crippen molar-refractivity contribution in [2.24, 2.45) is 11.8 Å². The second-order valence-corrected chi connectivity index (χ2v) is 8.66. The van der Waals surface area contributed by atoms with Crippen molar-refractivity contribution in [3.05, 3.63) is 24.3 Å². The van der Waals surface area contributed by atoms with Crippen molar-refractivity contribution in [2.75, 3.05) is 11.6 Å². The molecule has 1 aromatic carbocycles. The van der Waals surface area contributed by atoms with Gasteiger partial charge in [-0.3, -0.25) is 4.79 Å². The third-order valence-electron chi connectivity index (χ3n) is 4.73. The molecule has 2 rings (SSSR count). The van der Waals surface area contributed by atoms with E-state index < -0.39 is 9.84 Å². The lowest BCUT2D eigenvalue weighted by Crippen LogP contribution is -2.27. The van der Waals surface area contributed by atoms with E-state index in [1.807, 2.05) is 0 Å². The maximum Gasteiger partial charge on any atom is 0.227 e. The SMILES string of the molecule is CCCCC1CCC(C(=O)Nc2ccc(S(C)(=O)=O)cc2)CC1. The van der Waals surface area contributed by atoms with Gasteiger partial charge in [0.1, 0.15) is 0 Å². The summed E-state index contributed by atoms with van der Waals surface area (Å²) in [6.07, 6.45) is 9.20. The molecule has 1 N–H and O–H groups in total. The minimum absolute atomic E-state index is 0.0612. The molecule has 0 radical (unpaired) electrons. The molecule has 1 aliphatic carbocycles. The molecule has 0 unspecified atom stereocenters. The van der Waals surface area contributed by atoms with Crippen LogP contribution in [-0.2, 0) is 14.6 Å². The molecule has 0 heterocycles. The quantitative estimate of drug-likeness (QED) is 0.852. The van der Waals surface area contributed by atoms with Crippen LogP contribution >= 0.6 is 0 Å². The van der Waals surface area contributed by atoms with Gasteiger partial charge in [-0.05, 0) is 55.9 Å². The van der Waals surface area contributed by atoms with Crippen LogP contribution in [-0.4, -0.2) is 20.6 Å². The predicted octanol–water partition coefficient (Wildman–Crippen LogP) is 4.03. The van der Waals surface area contributed by atoms with Crippen LogP contribution in [0.1, 0.15) is 51.9 Å². The predicted molar refractivity (Wildman–Crippen MR) is 93.2 cm³/mol. The number of rotatable bonds is 6. The van der Waals surface area contributed by atoms with E-state index in [1.165, 1.54) is 37.7 Å². The Kier molecular flexibility index (Phi) is 6.22. The lowest BCUT2D eigenvalue weighted by Gasteiger charge is -2.27. The van der Waals surface area contributed by atoms with E-state index in [0.717, 1.165) is 31.6 Å². The number of anilines is 1. The highest BCUT2D eigenvalue weighted by atomic mass is 32.2. The summed E-state index contributed by atoms with van der Waals surface area (Å²) in [5, 5.41) is 2.91. The number of sulfone groups is 1. The Bertz CT molecular complexity index is 614. The molecule has 4 nitrogen and oxygen atoms in total. The van der Waals surface area contributed by atoms with Gasteiger partial charge in [0.05, 0.1) is 4.90 Å². The van der Waals surface area contributed by atoms with E-state index in [4.69, 9.17) is 0 Å². The number of nitrogens with one attached hydrogen (secondary N) is 1. The summed E-state index contributed by atoms with van der Waals surface area (Å²) in [5.41, 5.74) is 0.663. The number of hydrogen-bond donors (Lipinski definition) is 1. The van der Waals surface area contributed by atoms with Crippen LogP contribution in [0.2, 0.25) is 0 Å². The summed E-state index contributed by atoms with van der Waals surface area (Å²) in [4.78, 5) is 12.6. The number of amides is 1. The van der Waals surface area contributed by atoms with Crippen molar-refractivity contribution in [1.29, 1.82) is 0 Å². The van der Waals surface area contributed by atoms with Gasteiger partial charge in [0.25, 0.3) is 0 Å². The minimum Gasteiger partial charge on any atom is -0.326 e. The average Bonchev–Trinajstić information content (AvgIpc) is 2.53. The Morgan fingerprint density at radius 1 is 1.13 bits per heavy atom. The highest BCUT2D eigenvalue weighted by Crippen LogP contribution is 2.32. The lowest BCUT2D eigenvalue weighted by molar-refractivity contribution is -0.121. The van der Waals surface area contributed by atoms with Crippen LogP contribution in [0.25, 0.3) is 0 Å². The minimum atomic E-state index is -3.20. The monoisotopic (exact) mass is 337 g/mol. The van der Waals surface area contributed by atoms with Crippen molar-refractivity contribution < 1.29 is 13.2 Å². The Morgan fingerprint density at radius 2 is 1.74 bits per heavy atom. The van der Waals surface area contributed by atoms with Crippen LogP contribution in [0.4, 0.5) is 5.69 Å². The lowest BCUT2D eigenvalue weighted by atomic mass is 9.79. The topological polar surface area (TPSA) is 63.2 Å². The molecule has 5 heteroatoms. The summed E-state index contributed by atoms with van der Waals surface area (Å²) >= 11 is 0. The fourth-order valence-corrected chi connectivity index (χ4v) is 3.87. The molecule has 0 aliphatic heterocycles. The maximum atomic E-state index is 12.3. The molecule has 1 aliphatic rings. The first-order valence-corrected chi connectivity index (χ1v) is 10.4. The Hall–Kier alpha value is -1.36. The van der Waals surface area contributed by atoms with Crippen LogP contribution in [0.15, 0.2) is 29.2 Å².